The quantitative estimate of drug-likeness (QED) is 0.248. The van der Waals surface area contributed by atoms with Crippen molar-refractivity contribution in [2.45, 2.75) is 64.0 Å². The monoisotopic (exact) mass is 632 g/mol. The second-order valence-electron chi connectivity index (χ2n) is 14.2. The summed E-state index contributed by atoms with van der Waals surface area (Å²) in [4.78, 5) is 13.9. The summed E-state index contributed by atoms with van der Waals surface area (Å²) in [7, 11) is 0. The van der Waals surface area contributed by atoms with Crippen molar-refractivity contribution in [1.29, 1.82) is 0 Å². The molecule has 0 spiro atoms. The van der Waals surface area contributed by atoms with Crippen molar-refractivity contribution in [2.24, 2.45) is 17.8 Å². The Bertz CT molecular complexity index is 1870. The van der Waals surface area contributed by atoms with Crippen molar-refractivity contribution in [3.05, 3.63) is 53.3 Å². The van der Waals surface area contributed by atoms with Gasteiger partial charge in [0.1, 0.15) is 35.3 Å². The molecule has 0 radical (unpaired) electrons. The first-order chi connectivity index (χ1) is 22.1. The first kappa shape index (κ1) is 29.8. The summed E-state index contributed by atoms with van der Waals surface area (Å²) < 4.78 is 54.6. The van der Waals surface area contributed by atoms with Gasteiger partial charge in [0.2, 0.25) is 0 Å². The number of aryl methyl sites for hydroxylation is 1. The molecular weight excluding hydrogens is 593 g/mol. The Kier molecular flexibility index (Phi) is 7.10. The molecule has 7 nitrogen and oxygen atoms in total. The van der Waals surface area contributed by atoms with E-state index in [1.54, 1.807) is 6.92 Å². The summed E-state index contributed by atoms with van der Waals surface area (Å²) in [6.07, 6.45) is 4.59. The van der Waals surface area contributed by atoms with Crippen LogP contribution in [-0.4, -0.2) is 69.5 Å². The molecule has 4 aliphatic rings. The number of aromatic nitrogens is 2. The van der Waals surface area contributed by atoms with Crippen molar-refractivity contribution >= 4 is 27.5 Å². The average molecular weight is 633 g/mol. The highest BCUT2D eigenvalue weighted by Gasteiger charge is 2.48. The number of aliphatic hydroxyl groups is 1. The number of benzene rings is 3. The van der Waals surface area contributed by atoms with Gasteiger partial charge in [0.05, 0.1) is 17.2 Å². The van der Waals surface area contributed by atoms with Gasteiger partial charge in [-0.05, 0) is 103 Å². The maximum absolute atomic E-state index is 16.9. The van der Waals surface area contributed by atoms with Crippen LogP contribution in [-0.2, 0) is 6.42 Å². The molecule has 242 valence electrons. The van der Waals surface area contributed by atoms with E-state index in [-0.39, 0.29) is 51.2 Å². The number of ether oxygens (including phenoxy) is 1. The van der Waals surface area contributed by atoms with E-state index >= 15 is 8.78 Å². The van der Waals surface area contributed by atoms with Gasteiger partial charge < -0.3 is 19.8 Å². The fraction of sp³-hybridized carbons (Fsp3) is 0.500. The smallest absolute Gasteiger partial charge is 0.319 e. The highest BCUT2D eigenvalue weighted by Crippen LogP contribution is 2.45. The third-order valence-corrected chi connectivity index (χ3v) is 11.1. The van der Waals surface area contributed by atoms with E-state index in [1.165, 1.54) is 30.3 Å². The number of hydrogen-bond acceptors (Lipinski definition) is 7. The molecule has 4 aromatic rings. The lowest BCUT2D eigenvalue weighted by Crippen LogP contribution is -2.43. The molecule has 1 saturated carbocycles. The number of nitrogens with zero attached hydrogens (tertiary/aromatic N) is 4. The Morgan fingerprint density at radius 2 is 1.89 bits per heavy atom. The minimum Gasteiger partial charge on any atom is -0.508 e. The molecule has 4 fully saturated rings. The SMILES string of the molecule is CCc1c(F)ccc2cc(O)cc(-c3c(F)cc4c(N5C[C@@H]6C[C@H](C5)[C@H](O)C6)nc(OC[C@@]56CCCN5C[C@H](C)C6)nc4c3F)c12. The van der Waals surface area contributed by atoms with E-state index in [0.717, 1.165) is 38.8 Å². The zero-order valence-electron chi connectivity index (χ0n) is 26.2. The van der Waals surface area contributed by atoms with E-state index < -0.39 is 23.6 Å². The molecule has 8 rings (SSSR count). The van der Waals surface area contributed by atoms with Gasteiger partial charge in [-0.2, -0.15) is 9.97 Å². The number of rotatable bonds is 6. The molecule has 0 amide bonds. The number of piperidine rings is 1. The van der Waals surface area contributed by atoms with Crippen LogP contribution < -0.4 is 9.64 Å². The second-order valence-corrected chi connectivity index (χ2v) is 14.2. The summed E-state index contributed by atoms with van der Waals surface area (Å²) in [6.45, 7) is 7.56. The Labute approximate surface area is 266 Å². The summed E-state index contributed by atoms with van der Waals surface area (Å²) in [6, 6.07) is 6.84. The molecule has 5 atom stereocenters. The third kappa shape index (κ3) is 4.70. The fourth-order valence-corrected chi connectivity index (χ4v) is 9.18. The fourth-order valence-electron chi connectivity index (χ4n) is 9.18. The summed E-state index contributed by atoms with van der Waals surface area (Å²) in [5.41, 5.74) is -0.220. The number of phenols is 1. The molecule has 1 aromatic heterocycles. The minimum atomic E-state index is -0.920. The molecule has 46 heavy (non-hydrogen) atoms. The maximum atomic E-state index is 16.9. The lowest BCUT2D eigenvalue weighted by Gasteiger charge is -2.34. The number of fused-ring (bicyclic) bond motifs is 5. The molecule has 2 bridgehead atoms. The lowest BCUT2D eigenvalue weighted by molar-refractivity contribution is 0.107. The molecule has 3 aromatic carbocycles. The minimum absolute atomic E-state index is 0.0271. The van der Waals surface area contributed by atoms with E-state index in [0.29, 0.717) is 60.6 Å². The summed E-state index contributed by atoms with van der Waals surface area (Å²) >= 11 is 0. The number of aromatic hydroxyl groups is 1. The van der Waals surface area contributed by atoms with E-state index in [4.69, 9.17) is 9.72 Å². The van der Waals surface area contributed by atoms with Crippen molar-refractivity contribution in [1.82, 2.24) is 14.9 Å². The van der Waals surface area contributed by atoms with Crippen LogP contribution >= 0.6 is 0 Å². The normalized spacial score (nSPS) is 27.7. The molecule has 2 N–H and O–H groups in total. The van der Waals surface area contributed by atoms with Crippen molar-refractivity contribution in [3.8, 4) is 22.9 Å². The van der Waals surface area contributed by atoms with Crippen molar-refractivity contribution < 1.29 is 28.1 Å². The largest absolute Gasteiger partial charge is 0.508 e. The van der Waals surface area contributed by atoms with Crippen LogP contribution in [0.4, 0.5) is 19.0 Å². The second kappa shape index (κ2) is 11.0. The zero-order valence-corrected chi connectivity index (χ0v) is 26.2. The summed E-state index contributed by atoms with van der Waals surface area (Å²) in [5, 5.41) is 22.2. The first-order valence-corrected chi connectivity index (χ1v) is 16.6. The topological polar surface area (TPSA) is 82.0 Å². The van der Waals surface area contributed by atoms with Gasteiger partial charge in [-0.1, -0.05) is 19.9 Å². The first-order valence-electron chi connectivity index (χ1n) is 16.6. The van der Waals surface area contributed by atoms with Crippen molar-refractivity contribution in [2.75, 3.05) is 37.7 Å². The van der Waals surface area contributed by atoms with E-state index in [1.807, 2.05) is 4.90 Å². The van der Waals surface area contributed by atoms with Gasteiger partial charge in [0.25, 0.3) is 0 Å². The number of anilines is 1. The standard InChI is InChI=1S/C36H39F3N4O3/c1-3-24-27(37)6-5-21-11-23(44)12-25(30(21)24)31-28(38)13-26-33(32(31)39)40-35(46-18-36-7-4-8-43(36)15-19(2)14-36)41-34(26)42-16-20-9-22(17-42)29(45)10-20/h5-6,11-13,19-20,22,29,44-45H,3-4,7-10,14-18H2,1-2H3/t19-,20-,22-,29-,36+/m1/s1. The average Bonchev–Trinajstić information content (AvgIpc) is 3.63. The van der Waals surface area contributed by atoms with Crippen molar-refractivity contribution in [3.63, 3.8) is 0 Å². The van der Waals surface area contributed by atoms with Crippen LogP contribution in [0, 0.1) is 35.2 Å². The summed E-state index contributed by atoms with van der Waals surface area (Å²) in [5.74, 6) is -1.21. The highest BCUT2D eigenvalue weighted by atomic mass is 19.1. The molecule has 4 heterocycles. The number of hydrogen-bond donors (Lipinski definition) is 2. The number of aliphatic hydroxyl groups excluding tert-OH is 1. The van der Waals surface area contributed by atoms with Crippen LogP contribution in [0.15, 0.2) is 30.3 Å². The number of halogens is 3. The molecule has 10 heteroatoms. The van der Waals surface area contributed by atoms with Crippen LogP contribution in [0.3, 0.4) is 0 Å². The predicted molar refractivity (Wildman–Crippen MR) is 171 cm³/mol. The maximum Gasteiger partial charge on any atom is 0.319 e. The van der Waals surface area contributed by atoms with Gasteiger partial charge in [0.15, 0.2) is 5.82 Å². The van der Waals surface area contributed by atoms with E-state index in [9.17, 15) is 14.6 Å². The van der Waals surface area contributed by atoms with Gasteiger partial charge >= 0.3 is 6.01 Å². The molecule has 3 saturated heterocycles. The highest BCUT2D eigenvalue weighted by molar-refractivity contribution is 6.03. The van der Waals surface area contributed by atoms with Gasteiger partial charge in [-0.3, -0.25) is 4.90 Å². The van der Waals surface area contributed by atoms with Gasteiger partial charge in [0, 0.05) is 30.9 Å². The van der Waals surface area contributed by atoms with Crippen LogP contribution in [0.1, 0.15) is 51.5 Å². The van der Waals surface area contributed by atoms with Gasteiger partial charge in [-0.25, -0.2) is 13.2 Å². The lowest BCUT2D eigenvalue weighted by atomic mass is 9.91. The van der Waals surface area contributed by atoms with Gasteiger partial charge in [-0.15, -0.1) is 0 Å². The molecular formula is C36H39F3N4O3. The van der Waals surface area contributed by atoms with Crippen LogP contribution in [0.2, 0.25) is 0 Å². The zero-order chi connectivity index (χ0) is 31.9. The Morgan fingerprint density at radius 3 is 2.70 bits per heavy atom. The predicted octanol–water partition coefficient (Wildman–Crippen LogP) is 6.60. The third-order valence-electron chi connectivity index (χ3n) is 11.1. The molecule has 1 aliphatic carbocycles. The Hall–Kier alpha value is -3.63. The Balaban J connectivity index is 1.30. The van der Waals surface area contributed by atoms with Crippen LogP contribution in [0.25, 0.3) is 32.8 Å². The molecule has 0 unspecified atom stereocenters. The Morgan fingerprint density at radius 1 is 1.04 bits per heavy atom. The number of phenolic OH excluding ortho intramolecular Hbond substituents is 1. The molecule has 3 aliphatic heterocycles. The van der Waals surface area contributed by atoms with E-state index in [2.05, 4.69) is 16.8 Å². The van der Waals surface area contributed by atoms with Crippen LogP contribution in [0.5, 0.6) is 11.8 Å².